The van der Waals surface area contributed by atoms with Gasteiger partial charge in [0.25, 0.3) is 0 Å². The van der Waals surface area contributed by atoms with Gasteiger partial charge in [0.15, 0.2) is 5.58 Å². The first kappa shape index (κ1) is 16.5. The predicted molar refractivity (Wildman–Crippen MR) is 92.8 cm³/mol. The van der Waals surface area contributed by atoms with Gasteiger partial charge in [-0.25, -0.2) is 4.98 Å². The van der Waals surface area contributed by atoms with Crippen molar-refractivity contribution in [2.24, 2.45) is 0 Å². The molecule has 0 saturated carbocycles. The van der Waals surface area contributed by atoms with Crippen LogP contribution in [-0.2, 0) is 22.6 Å². The highest BCUT2D eigenvalue weighted by atomic mass is 79.9. The second-order valence-corrected chi connectivity index (χ2v) is 6.07. The highest BCUT2D eigenvalue weighted by molar-refractivity contribution is 9.10. The van der Waals surface area contributed by atoms with Gasteiger partial charge in [-0.15, -0.1) is 0 Å². The van der Waals surface area contributed by atoms with Gasteiger partial charge < -0.3 is 13.9 Å². The van der Waals surface area contributed by atoms with E-state index in [1.54, 1.807) is 6.26 Å². The molecule has 0 atom stereocenters. The van der Waals surface area contributed by atoms with E-state index in [1.807, 2.05) is 36.4 Å². The Bertz CT molecular complexity index is 859. The summed E-state index contributed by atoms with van der Waals surface area (Å²) >= 11 is 3.48. The number of aromatic nitrogens is 1. The van der Waals surface area contributed by atoms with E-state index in [0.29, 0.717) is 19.6 Å². The van der Waals surface area contributed by atoms with E-state index in [0.717, 1.165) is 32.6 Å². The van der Waals surface area contributed by atoms with E-state index >= 15 is 0 Å². The van der Waals surface area contributed by atoms with Crippen molar-refractivity contribution < 1.29 is 18.7 Å². The van der Waals surface area contributed by atoms with E-state index < -0.39 is 0 Å². The van der Waals surface area contributed by atoms with Crippen molar-refractivity contribution in [1.29, 1.82) is 0 Å². The molecule has 0 saturated heterocycles. The van der Waals surface area contributed by atoms with Gasteiger partial charge in [-0.3, -0.25) is 4.79 Å². The summed E-state index contributed by atoms with van der Waals surface area (Å²) in [5.74, 6) is 0.478. The number of hydrogen-bond donors (Lipinski definition) is 0. The number of pyridine rings is 1. The third kappa shape index (κ3) is 3.94. The number of fused-ring (bicyclic) bond motifs is 1. The molecule has 0 aliphatic rings. The lowest BCUT2D eigenvalue weighted by Gasteiger charge is -2.11. The van der Waals surface area contributed by atoms with Gasteiger partial charge in [-0.2, -0.15) is 0 Å². The Morgan fingerprint density at radius 2 is 2.12 bits per heavy atom. The molecule has 0 radical (unpaired) electrons. The van der Waals surface area contributed by atoms with Crippen LogP contribution in [0.5, 0.6) is 5.75 Å². The molecule has 124 valence electrons. The van der Waals surface area contributed by atoms with Gasteiger partial charge in [-0.05, 0) is 33.6 Å². The number of esters is 1. The summed E-state index contributed by atoms with van der Waals surface area (Å²) in [7, 11) is 0. The normalized spacial score (nSPS) is 10.8. The molecule has 0 N–H and O–H groups in total. The molecule has 0 fully saturated rings. The number of furan rings is 1. The molecule has 2 heterocycles. The van der Waals surface area contributed by atoms with Crippen LogP contribution >= 0.6 is 15.9 Å². The molecular formula is C18H16BrNO4. The largest absolute Gasteiger partial charge is 0.487 e. The molecule has 0 amide bonds. The van der Waals surface area contributed by atoms with Crippen LogP contribution in [-0.4, -0.2) is 17.6 Å². The molecule has 5 nitrogen and oxygen atoms in total. The quantitative estimate of drug-likeness (QED) is 0.588. The Balaban J connectivity index is 1.70. The highest BCUT2D eigenvalue weighted by Gasteiger charge is 2.09. The van der Waals surface area contributed by atoms with Gasteiger partial charge in [-0.1, -0.05) is 18.2 Å². The zero-order valence-corrected chi connectivity index (χ0v) is 14.7. The maximum absolute atomic E-state index is 10.9. The molecule has 0 aliphatic carbocycles. The maximum Gasteiger partial charge on any atom is 0.302 e. The molecule has 2 aromatic heterocycles. The van der Waals surface area contributed by atoms with Gasteiger partial charge in [0, 0.05) is 19.4 Å². The molecule has 24 heavy (non-hydrogen) atoms. The van der Waals surface area contributed by atoms with Crippen molar-refractivity contribution in [3.05, 3.63) is 58.4 Å². The monoisotopic (exact) mass is 389 g/mol. The number of hydrogen-bond acceptors (Lipinski definition) is 5. The molecule has 0 unspecified atom stereocenters. The molecule has 3 rings (SSSR count). The Kier molecular flexibility index (Phi) is 5.15. The van der Waals surface area contributed by atoms with Crippen molar-refractivity contribution in [3.63, 3.8) is 0 Å². The predicted octanol–water partition coefficient (Wildman–Crippen LogP) is 4.27. The minimum atomic E-state index is -0.282. The average molecular weight is 390 g/mol. The average Bonchev–Trinajstić information content (AvgIpc) is 3.03. The van der Waals surface area contributed by atoms with Gasteiger partial charge >= 0.3 is 5.97 Å². The lowest BCUT2D eigenvalue weighted by molar-refractivity contribution is -0.140. The smallest absolute Gasteiger partial charge is 0.302 e. The lowest BCUT2D eigenvalue weighted by atomic mass is 10.1. The topological polar surface area (TPSA) is 61.6 Å². The number of ether oxygens (including phenoxy) is 2. The maximum atomic E-state index is 10.9. The summed E-state index contributed by atoms with van der Waals surface area (Å²) in [5.41, 5.74) is 3.29. The van der Waals surface area contributed by atoms with Crippen LogP contribution < -0.4 is 4.74 Å². The van der Waals surface area contributed by atoms with Crippen LogP contribution in [0.25, 0.3) is 11.1 Å². The van der Waals surface area contributed by atoms with Crippen LogP contribution in [0.1, 0.15) is 18.2 Å². The summed E-state index contributed by atoms with van der Waals surface area (Å²) in [6.45, 7) is 2.07. The van der Waals surface area contributed by atoms with Crippen molar-refractivity contribution in [2.75, 3.05) is 6.61 Å². The van der Waals surface area contributed by atoms with Crippen molar-refractivity contribution in [1.82, 2.24) is 4.98 Å². The van der Waals surface area contributed by atoms with Crippen LogP contribution in [0, 0.1) is 0 Å². The summed E-state index contributed by atoms with van der Waals surface area (Å²) in [5, 5.41) is 0. The SMILES string of the molecule is CC(=O)OCCc1ccccc1OCc1cc(Br)c2occc2n1. The zero-order valence-electron chi connectivity index (χ0n) is 13.1. The Morgan fingerprint density at radius 3 is 2.96 bits per heavy atom. The first-order valence-electron chi connectivity index (χ1n) is 7.50. The van der Waals surface area contributed by atoms with Gasteiger partial charge in [0.2, 0.25) is 0 Å². The minimum Gasteiger partial charge on any atom is -0.487 e. The number of benzene rings is 1. The van der Waals surface area contributed by atoms with Crippen LogP contribution in [0.4, 0.5) is 0 Å². The van der Waals surface area contributed by atoms with Gasteiger partial charge in [0.05, 0.1) is 23.0 Å². The second kappa shape index (κ2) is 7.49. The first-order valence-corrected chi connectivity index (χ1v) is 8.29. The molecule has 3 aromatic rings. The fourth-order valence-corrected chi connectivity index (χ4v) is 2.91. The Hall–Kier alpha value is -2.34. The Morgan fingerprint density at radius 1 is 1.29 bits per heavy atom. The van der Waals surface area contributed by atoms with Gasteiger partial charge in [0.1, 0.15) is 17.9 Å². The second-order valence-electron chi connectivity index (χ2n) is 5.22. The molecule has 0 aliphatic heterocycles. The third-order valence-electron chi connectivity index (χ3n) is 3.44. The number of carbonyl (C=O) groups excluding carboxylic acids is 1. The van der Waals surface area contributed by atoms with Crippen LogP contribution in [0.15, 0.2) is 51.6 Å². The number of halogens is 1. The van der Waals surface area contributed by atoms with Crippen molar-refractivity contribution in [3.8, 4) is 5.75 Å². The number of carbonyl (C=O) groups is 1. The first-order chi connectivity index (χ1) is 11.6. The molecule has 1 aromatic carbocycles. The molecule has 0 spiro atoms. The van der Waals surface area contributed by atoms with Crippen molar-refractivity contribution in [2.45, 2.75) is 20.0 Å². The molecule has 6 heteroatoms. The summed E-state index contributed by atoms with van der Waals surface area (Å²) in [6, 6.07) is 11.4. The number of para-hydroxylation sites is 1. The zero-order chi connectivity index (χ0) is 16.9. The minimum absolute atomic E-state index is 0.282. The van der Waals surface area contributed by atoms with Crippen LogP contribution in [0.3, 0.4) is 0 Å². The van der Waals surface area contributed by atoms with E-state index in [9.17, 15) is 4.79 Å². The Labute approximate surface area is 147 Å². The number of rotatable bonds is 6. The summed E-state index contributed by atoms with van der Waals surface area (Å²) in [6.07, 6.45) is 2.21. The standard InChI is InChI=1S/C18H16BrNO4/c1-12(21)22-8-6-13-4-2-3-5-17(13)24-11-14-10-15(19)18-16(20-14)7-9-23-18/h2-5,7,9-10H,6,8,11H2,1H3. The highest BCUT2D eigenvalue weighted by Crippen LogP contribution is 2.25. The lowest BCUT2D eigenvalue weighted by Crippen LogP contribution is -2.05. The number of nitrogens with zero attached hydrogens (tertiary/aromatic N) is 1. The fraction of sp³-hybridized carbons (Fsp3) is 0.222. The van der Waals surface area contributed by atoms with Crippen molar-refractivity contribution >= 4 is 33.0 Å². The molecular weight excluding hydrogens is 374 g/mol. The van der Waals surface area contributed by atoms with Crippen LogP contribution in [0.2, 0.25) is 0 Å². The molecule has 0 bridgehead atoms. The third-order valence-corrected chi connectivity index (χ3v) is 4.03. The van der Waals surface area contributed by atoms with E-state index in [-0.39, 0.29) is 5.97 Å². The summed E-state index contributed by atoms with van der Waals surface area (Å²) in [4.78, 5) is 15.4. The van der Waals surface area contributed by atoms with E-state index in [4.69, 9.17) is 13.9 Å². The summed E-state index contributed by atoms with van der Waals surface area (Å²) < 4.78 is 17.1. The fourth-order valence-electron chi connectivity index (χ4n) is 2.35. The van der Waals surface area contributed by atoms with E-state index in [1.165, 1.54) is 6.92 Å². The van der Waals surface area contributed by atoms with E-state index in [2.05, 4.69) is 20.9 Å².